The molecule has 0 unspecified atom stereocenters. The van der Waals surface area contributed by atoms with E-state index in [0.29, 0.717) is 12.6 Å². The lowest BCUT2D eigenvalue weighted by atomic mass is 10.1. The van der Waals surface area contributed by atoms with E-state index in [-0.39, 0.29) is 6.61 Å². The fourth-order valence-electron chi connectivity index (χ4n) is 2.29. The molecule has 0 radical (unpaired) electrons. The molecule has 0 aliphatic carbocycles. The van der Waals surface area contributed by atoms with Gasteiger partial charge in [0.25, 0.3) is 6.01 Å². The minimum absolute atomic E-state index is 0.0558. The minimum atomic E-state index is 0.0558. The smallest absolute Gasteiger partial charge is 0.298 e. The van der Waals surface area contributed by atoms with Crippen molar-refractivity contribution in [3.63, 3.8) is 0 Å². The Bertz CT molecular complexity index is 666. The summed E-state index contributed by atoms with van der Waals surface area (Å²) in [7, 11) is 1.85. The van der Waals surface area contributed by atoms with Crippen LogP contribution in [-0.4, -0.2) is 30.3 Å². The van der Waals surface area contributed by atoms with Crippen LogP contribution in [0.4, 0.5) is 6.01 Å². The number of likely N-dealkylation sites (N-methyl/N-ethyl adjacent to an activating group) is 1. The van der Waals surface area contributed by atoms with E-state index in [9.17, 15) is 0 Å². The van der Waals surface area contributed by atoms with Crippen molar-refractivity contribution >= 4 is 6.01 Å². The van der Waals surface area contributed by atoms with E-state index < -0.39 is 0 Å². The van der Waals surface area contributed by atoms with Crippen LogP contribution in [0.15, 0.2) is 65.1 Å². The molecule has 1 heterocycles. The normalized spacial score (nSPS) is 10.6. The predicted octanol–water partition coefficient (Wildman–Crippen LogP) is 3.44. The summed E-state index contributed by atoms with van der Waals surface area (Å²) in [4.78, 5) is 6.43. The fourth-order valence-corrected chi connectivity index (χ4v) is 2.29. The summed E-state index contributed by atoms with van der Waals surface area (Å²) < 4.78 is 5.97. The van der Waals surface area contributed by atoms with Gasteiger partial charge in [0.05, 0.1) is 6.61 Å². The van der Waals surface area contributed by atoms with Crippen LogP contribution in [0.3, 0.4) is 0 Å². The van der Waals surface area contributed by atoms with Crippen molar-refractivity contribution in [2.75, 3.05) is 25.1 Å². The molecule has 0 atom stereocenters. The van der Waals surface area contributed by atoms with Gasteiger partial charge >= 0.3 is 0 Å². The molecule has 0 aliphatic rings. The summed E-state index contributed by atoms with van der Waals surface area (Å²) >= 11 is 0. The van der Waals surface area contributed by atoms with Gasteiger partial charge in [-0.15, -0.1) is 0 Å². The van der Waals surface area contributed by atoms with Gasteiger partial charge in [-0.1, -0.05) is 60.7 Å². The number of aromatic nitrogens is 1. The van der Waals surface area contributed by atoms with Crippen LogP contribution < -0.4 is 4.90 Å². The van der Waals surface area contributed by atoms with Gasteiger partial charge in [0.1, 0.15) is 5.69 Å². The van der Waals surface area contributed by atoms with Gasteiger partial charge in [-0.3, -0.25) is 0 Å². The van der Waals surface area contributed by atoms with E-state index in [1.165, 1.54) is 0 Å². The lowest BCUT2D eigenvalue weighted by Crippen LogP contribution is -2.21. The van der Waals surface area contributed by atoms with E-state index in [4.69, 9.17) is 9.52 Å². The summed E-state index contributed by atoms with van der Waals surface area (Å²) in [6.45, 7) is 0.531. The van der Waals surface area contributed by atoms with Crippen LogP contribution in [-0.2, 0) is 0 Å². The van der Waals surface area contributed by atoms with Crippen LogP contribution in [0.25, 0.3) is 22.6 Å². The lowest BCUT2D eigenvalue weighted by molar-refractivity contribution is 0.301. The minimum Gasteiger partial charge on any atom is -0.423 e. The van der Waals surface area contributed by atoms with Crippen molar-refractivity contribution in [2.45, 2.75) is 0 Å². The summed E-state index contributed by atoms with van der Waals surface area (Å²) in [5, 5.41) is 9.10. The molecule has 0 saturated carbocycles. The number of aliphatic hydroxyl groups is 1. The van der Waals surface area contributed by atoms with Gasteiger partial charge in [0.2, 0.25) is 0 Å². The molecule has 0 fully saturated rings. The maximum Gasteiger partial charge on any atom is 0.298 e. The Labute approximate surface area is 129 Å². The molecule has 2 aromatic carbocycles. The number of rotatable bonds is 5. The second kappa shape index (κ2) is 6.45. The Morgan fingerprint density at radius 1 is 0.955 bits per heavy atom. The molecule has 0 bridgehead atoms. The third kappa shape index (κ3) is 2.87. The number of aliphatic hydroxyl groups excluding tert-OH is 1. The van der Waals surface area contributed by atoms with Crippen LogP contribution in [0, 0.1) is 0 Å². The van der Waals surface area contributed by atoms with Gasteiger partial charge in [-0.2, -0.15) is 4.98 Å². The monoisotopic (exact) mass is 294 g/mol. The molecule has 0 saturated heterocycles. The van der Waals surface area contributed by atoms with Crippen LogP contribution >= 0.6 is 0 Å². The van der Waals surface area contributed by atoms with E-state index in [2.05, 4.69) is 4.98 Å². The average molecular weight is 294 g/mol. The molecule has 4 heteroatoms. The Hall–Kier alpha value is -2.59. The standard InChI is InChI=1S/C18H18N2O2/c1-20(12-13-21)18-19-16(14-8-4-2-5-9-14)17(22-18)15-10-6-3-7-11-15/h2-11,21H,12-13H2,1H3. The maximum absolute atomic E-state index is 9.10. The number of hydrogen-bond donors (Lipinski definition) is 1. The largest absolute Gasteiger partial charge is 0.423 e. The Balaban J connectivity index is 2.10. The molecule has 0 aliphatic heterocycles. The molecule has 22 heavy (non-hydrogen) atoms. The number of hydrogen-bond acceptors (Lipinski definition) is 4. The summed E-state index contributed by atoms with van der Waals surface area (Å²) in [6.07, 6.45) is 0. The number of nitrogens with zero attached hydrogens (tertiary/aromatic N) is 2. The Kier molecular flexibility index (Phi) is 4.21. The highest BCUT2D eigenvalue weighted by Crippen LogP contribution is 2.34. The molecule has 0 amide bonds. The first-order chi connectivity index (χ1) is 10.8. The molecule has 3 aromatic rings. The van der Waals surface area contributed by atoms with Crippen molar-refractivity contribution < 1.29 is 9.52 Å². The van der Waals surface area contributed by atoms with Crippen LogP contribution in [0.1, 0.15) is 0 Å². The third-order valence-corrected chi connectivity index (χ3v) is 3.46. The number of oxazole rings is 1. The first-order valence-electron chi connectivity index (χ1n) is 7.23. The highest BCUT2D eigenvalue weighted by Gasteiger charge is 2.18. The van der Waals surface area contributed by atoms with E-state index in [1.807, 2.05) is 67.7 Å². The lowest BCUT2D eigenvalue weighted by Gasteiger charge is -2.11. The number of anilines is 1. The highest BCUT2D eigenvalue weighted by molar-refractivity contribution is 5.78. The first-order valence-corrected chi connectivity index (χ1v) is 7.23. The summed E-state index contributed by atoms with van der Waals surface area (Å²) in [5.41, 5.74) is 2.80. The third-order valence-electron chi connectivity index (χ3n) is 3.46. The van der Waals surface area contributed by atoms with E-state index in [1.54, 1.807) is 4.90 Å². The van der Waals surface area contributed by atoms with Crippen molar-refractivity contribution in [1.82, 2.24) is 4.98 Å². The second-order valence-corrected chi connectivity index (χ2v) is 5.05. The van der Waals surface area contributed by atoms with Crippen molar-refractivity contribution in [3.05, 3.63) is 60.7 Å². The molecule has 112 valence electrons. The molecule has 1 aromatic heterocycles. The van der Waals surface area contributed by atoms with Crippen LogP contribution in [0.2, 0.25) is 0 Å². The van der Waals surface area contributed by atoms with E-state index >= 15 is 0 Å². The fraction of sp³-hybridized carbons (Fsp3) is 0.167. The highest BCUT2D eigenvalue weighted by atomic mass is 16.4. The number of benzene rings is 2. The quantitative estimate of drug-likeness (QED) is 0.783. The van der Waals surface area contributed by atoms with E-state index in [0.717, 1.165) is 22.6 Å². The van der Waals surface area contributed by atoms with Crippen molar-refractivity contribution in [2.24, 2.45) is 0 Å². The Morgan fingerprint density at radius 2 is 1.55 bits per heavy atom. The zero-order valence-corrected chi connectivity index (χ0v) is 12.4. The van der Waals surface area contributed by atoms with Gasteiger partial charge in [-0.25, -0.2) is 0 Å². The molecular formula is C18H18N2O2. The first kappa shape index (κ1) is 14.4. The average Bonchev–Trinajstić information content (AvgIpc) is 3.02. The Morgan fingerprint density at radius 3 is 2.14 bits per heavy atom. The van der Waals surface area contributed by atoms with Gasteiger partial charge in [-0.05, 0) is 0 Å². The van der Waals surface area contributed by atoms with Crippen molar-refractivity contribution in [3.8, 4) is 22.6 Å². The summed E-state index contributed by atoms with van der Waals surface area (Å²) in [5.74, 6) is 0.742. The molecule has 0 spiro atoms. The SMILES string of the molecule is CN(CCO)c1nc(-c2ccccc2)c(-c2ccccc2)o1. The van der Waals surface area contributed by atoms with Gasteiger partial charge in [0, 0.05) is 24.7 Å². The van der Waals surface area contributed by atoms with Crippen LogP contribution in [0.5, 0.6) is 0 Å². The van der Waals surface area contributed by atoms with Crippen molar-refractivity contribution in [1.29, 1.82) is 0 Å². The zero-order chi connectivity index (χ0) is 15.4. The zero-order valence-electron chi connectivity index (χ0n) is 12.4. The van der Waals surface area contributed by atoms with Gasteiger partial charge < -0.3 is 14.4 Å². The summed E-state index contributed by atoms with van der Waals surface area (Å²) in [6, 6.07) is 20.4. The molecular weight excluding hydrogens is 276 g/mol. The molecule has 1 N–H and O–H groups in total. The second-order valence-electron chi connectivity index (χ2n) is 5.05. The topological polar surface area (TPSA) is 49.5 Å². The van der Waals surface area contributed by atoms with Gasteiger partial charge in [0.15, 0.2) is 5.76 Å². The predicted molar refractivity (Wildman–Crippen MR) is 87.7 cm³/mol. The molecule has 4 nitrogen and oxygen atoms in total. The molecule has 3 rings (SSSR count). The maximum atomic E-state index is 9.10.